The number of carbonyl (C=O) groups excluding carboxylic acids is 1. The van der Waals surface area contributed by atoms with Crippen molar-refractivity contribution in [1.29, 1.82) is 0 Å². The topological polar surface area (TPSA) is 68.1 Å². The predicted octanol–water partition coefficient (Wildman–Crippen LogP) is 1.46. The van der Waals surface area contributed by atoms with Crippen molar-refractivity contribution in [2.45, 2.75) is 6.42 Å². The van der Waals surface area contributed by atoms with Gasteiger partial charge in [0, 0.05) is 17.1 Å². The fourth-order valence-corrected chi connectivity index (χ4v) is 1.79. The molecule has 4 heteroatoms. The molecule has 0 bridgehead atoms. The van der Waals surface area contributed by atoms with Crippen LogP contribution in [0.5, 0.6) is 0 Å². The minimum absolute atomic E-state index is 0.318. The van der Waals surface area contributed by atoms with Crippen molar-refractivity contribution in [2.75, 3.05) is 13.7 Å². The van der Waals surface area contributed by atoms with Crippen LogP contribution in [0.25, 0.3) is 10.9 Å². The maximum atomic E-state index is 11.4. The Hall–Kier alpha value is -1.81. The van der Waals surface area contributed by atoms with Crippen LogP contribution >= 0.6 is 0 Å². The highest BCUT2D eigenvalue weighted by atomic mass is 16.5. The van der Waals surface area contributed by atoms with E-state index in [9.17, 15) is 4.79 Å². The number of carbonyl (C=O) groups is 1. The molecule has 0 amide bonds. The quantitative estimate of drug-likeness (QED) is 0.766. The third-order valence-electron chi connectivity index (χ3n) is 2.60. The summed E-state index contributed by atoms with van der Waals surface area (Å²) in [4.78, 5) is 14.5. The van der Waals surface area contributed by atoms with Gasteiger partial charge in [-0.2, -0.15) is 0 Å². The lowest BCUT2D eigenvalue weighted by Gasteiger charge is -2.00. The zero-order valence-corrected chi connectivity index (χ0v) is 9.12. The van der Waals surface area contributed by atoms with Crippen LogP contribution in [0.15, 0.2) is 24.4 Å². The Morgan fingerprint density at radius 2 is 2.31 bits per heavy atom. The lowest BCUT2D eigenvalue weighted by molar-refractivity contribution is 0.0601. The molecule has 1 aromatic carbocycles. The van der Waals surface area contributed by atoms with E-state index in [2.05, 4.69) is 9.72 Å². The molecule has 0 spiro atoms. The summed E-state index contributed by atoms with van der Waals surface area (Å²) in [5.41, 5.74) is 8.23. The number of methoxy groups -OCH3 is 1. The molecular formula is C12H14N2O2. The smallest absolute Gasteiger partial charge is 0.337 e. The Morgan fingerprint density at radius 1 is 1.50 bits per heavy atom. The summed E-state index contributed by atoms with van der Waals surface area (Å²) in [6, 6.07) is 5.46. The van der Waals surface area contributed by atoms with Gasteiger partial charge < -0.3 is 15.5 Å². The molecule has 0 radical (unpaired) electrons. The summed E-state index contributed by atoms with van der Waals surface area (Å²) in [5, 5.41) is 1.04. The Kier molecular flexibility index (Phi) is 2.92. The van der Waals surface area contributed by atoms with Crippen molar-refractivity contribution >= 4 is 16.9 Å². The second kappa shape index (κ2) is 4.37. The normalized spacial score (nSPS) is 10.6. The van der Waals surface area contributed by atoms with Crippen molar-refractivity contribution in [3.8, 4) is 0 Å². The predicted molar refractivity (Wildman–Crippen MR) is 62.4 cm³/mol. The molecule has 0 saturated carbocycles. The molecule has 2 rings (SSSR count). The van der Waals surface area contributed by atoms with E-state index in [-0.39, 0.29) is 5.97 Å². The Bertz CT molecular complexity index is 517. The Labute approximate surface area is 93.4 Å². The molecule has 16 heavy (non-hydrogen) atoms. The van der Waals surface area contributed by atoms with Crippen LogP contribution in [0.3, 0.4) is 0 Å². The minimum Gasteiger partial charge on any atom is -0.465 e. The first kappa shape index (κ1) is 10.7. The van der Waals surface area contributed by atoms with Gasteiger partial charge in [0.2, 0.25) is 0 Å². The molecule has 2 aromatic rings. The van der Waals surface area contributed by atoms with E-state index in [1.54, 1.807) is 6.07 Å². The third-order valence-corrected chi connectivity index (χ3v) is 2.60. The van der Waals surface area contributed by atoms with Crippen LogP contribution in [0, 0.1) is 0 Å². The van der Waals surface area contributed by atoms with E-state index >= 15 is 0 Å². The van der Waals surface area contributed by atoms with Gasteiger partial charge in [0.15, 0.2) is 0 Å². The number of nitrogens with one attached hydrogen (secondary N) is 1. The molecule has 84 valence electrons. The van der Waals surface area contributed by atoms with Gasteiger partial charge in [-0.25, -0.2) is 4.79 Å². The first-order chi connectivity index (χ1) is 7.76. The minimum atomic E-state index is -0.318. The van der Waals surface area contributed by atoms with Gasteiger partial charge in [0.1, 0.15) is 0 Å². The van der Waals surface area contributed by atoms with Crippen LogP contribution in [-0.4, -0.2) is 24.6 Å². The number of fused-ring (bicyclic) bond motifs is 1. The van der Waals surface area contributed by atoms with Crippen LogP contribution in [0.2, 0.25) is 0 Å². The number of rotatable bonds is 3. The molecule has 0 unspecified atom stereocenters. The maximum absolute atomic E-state index is 11.4. The van der Waals surface area contributed by atoms with Crippen molar-refractivity contribution in [3.05, 3.63) is 35.5 Å². The third kappa shape index (κ3) is 1.79. The van der Waals surface area contributed by atoms with Crippen molar-refractivity contribution in [1.82, 2.24) is 4.98 Å². The number of aromatic amines is 1. The van der Waals surface area contributed by atoms with Crippen molar-refractivity contribution < 1.29 is 9.53 Å². The fourth-order valence-electron chi connectivity index (χ4n) is 1.79. The highest BCUT2D eigenvalue weighted by Crippen LogP contribution is 2.20. The lowest BCUT2D eigenvalue weighted by atomic mass is 10.1. The molecular weight excluding hydrogens is 204 g/mol. The summed E-state index contributed by atoms with van der Waals surface area (Å²) in [5.74, 6) is -0.318. The highest BCUT2D eigenvalue weighted by molar-refractivity contribution is 5.95. The summed E-state index contributed by atoms with van der Waals surface area (Å²) in [6.45, 7) is 0.593. The van der Waals surface area contributed by atoms with Gasteiger partial charge in [0.05, 0.1) is 12.7 Å². The number of benzene rings is 1. The number of nitrogens with two attached hydrogens (primary N) is 1. The van der Waals surface area contributed by atoms with Crippen LogP contribution in [0.1, 0.15) is 15.9 Å². The number of aromatic nitrogens is 1. The molecule has 4 nitrogen and oxygen atoms in total. The Balaban J connectivity index is 2.49. The summed E-state index contributed by atoms with van der Waals surface area (Å²) in [6.07, 6.45) is 2.73. The second-order valence-electron chi connectivity index (χ2n) is 3.60. The summed E-state index contributed by atoms with van der Waals surface area (Å²) < 4.78 is 4.69. The van der Waals surface area contributed by atoms with Gasteiger partial charge in [-0.3, -0.25) is 0 Å². The molecule has 1 heterocycles. The fraction of sp³-hybridized carbons (Fsp3) is 0.250. The first-order valence-electron chi connectivity index (χ1n) is 5.14. The van der Waals surface area contributed by atoms with E-state index in [1.807, 2.05) is 18.3 Å². The van der Waals surface area contributed by atoms with Crippen molar-refractivity contribution in [3.63, 3.8) is 0 Å². The number of H-pyrrole nitrogens is 1. The largest absolute Gasteiger partial charge is 0.465 e. The Morgan fingerprint density at radius 3 is 3.00 bits per heavy atom. The number of ether oxygens (including phenoxy) is 1. The number of esters is 1. The molecule has 0 aliphatic carbocycles. The maximum Gasteiger partial charge on any atom is 0.337 e. The number of hydrogen-bond acceptors (Lipinski definition) is 3. The van der Waals surface area contributed by atoms with Crippen molar-refractivity contribution in [2.24, 2.45) is 5.73 Å². The SMILES string of the molecule is COC(=O)c1ccc2[nH]cc(CCN)c2c1. The van der Waals surface area contributed by atoms with Gasteiger partial charge in [-0.15, -0.1) is 0 Å². The summed E-state index contributed by atoms with van der Waals surface area (Å²) in [7, 11) is 1.38. The van der Waals surface area contributed by atoms with E-state index in [4.69, 9.17) is 5.73 Å². The first-order valence-corrected chi connectivity index (χ1v) is 5.14. The average molecular weight is 218 g/mol. The standard InChI is InChI=1S/C12H14N2O2/c1-16-12(15)8-2-3-11-10(6-8)9(4-5-13)7-14-11/h2-3,6-7,14H,4-5,13H2,1H3. The van der Waals surface area contributed by atoms with Gasteiger partial charge >= 0.3 is 5.97 Å². The summed E-state index contributed by atoms with van der Waals surface area (Å²) >= 11 is 0. The second-order valence-corrected chi connectivity index (χ2v) is 3.60. The van der Waals surface area contributed by atoms with E-state index in [1.165, 1.54) is 7.11 Å². The zero-order chi connectivity index (χ0) is 11.5. The van der Waals surface area contributed by atoms with Gasteiger partial charge in [0.25, 0.3) is 0 Å². The molecule has 0 fully saturated rings. The molecule has 0 atom stereocenters. The number of hydrogen-bond donors (Lipinski definition) is 2. The average Bonchev–Trinajstić information content (AvgIpc) is 2.71. The lowest BCUT2D eigenvalue weighted by Crippen LogP contribution is -2.03. The zero-order valence-electron chi connectivity index (χ0n) is 9.12. The van der Waals surface area contributed by atoms with Gasteiger partial charge in [-0.05, 0) is 36.7 Å². The van der Waals surface area contributed by atoms with E-state index in [0.29, 0.717) is 12.1 Å². The van der Waals surface area contributed by atoms with E-state index in [0.717, 1.165) is 22.9 Å². The highest BCUT2D eigenvalue weighted by Gasteiger charge is 2.08. The molecule has 0 aliphatic heterocycles. The molecule has 0 saturated heterocycles. The molecule has 3 N–H and O–H groups in total. The molecule has 0 aliphatic rings. The van der Waals surface area contributed by atoms with Crippen LogP contribution in [-0.2, 0) is 11.2 Å². The molecule has 1 aromatic heterocycles. The monoisotopic (exact) mass is 218 g/mol. The van der Waals surface area contributed by atoms with Crippen LogP contribution < -0.4 is 5.73 Å². The van der Waals surface area contributed by atoms with E-state index < -0.39 is 0 Å². The van der Waals surface area contributed by atoms with Crippen LogP contribution in [0.4, 0.5) is 0 Å². The van der Waals surface area contributed by atoms with Gasteiger partial charge in [-0.1, -0.05) is 0 Å².